The quantitative estimate of drug-likeness (QED) is 0.738. The van der Waals surface area contributed by atoms with Crippen LogP contribution in [0, 0.1) is 0 Å². The molecule has 1 N–H and O–H groups in total. The highest BCUT2D eigenvalue weighted by molar-refractivity contribution is 6.36. The minimum absolute atomic E-state index is 0.133. The molecule has 0 saturated heterocycles. The second-order valence-electron chi connectivity index (χ2n) is 3.90. The van der Waals surface area contributed by atoms with Crippen molar-refractivity contribution in [1.82, 2.24) is 0 Å². The Labute approximate surface area is 96.7 Å². The number of carboxylic acid groups (broad SMARTS) is 1. The van der Waals surface area contributed by atoms with Gasteiger partial charge in [0.1, 0.15) is 0 Å². The Hall–Kier alpha value is -2.42. The lowest BCUT2D eigenvalue weighted by atomic mass is 9.94. The summed E-state index contributed by atoms with van der Waals surface area (Å²) in [6.45, 7) is 0. The van der Waals surface area contributed by atoms with Crippen LogP contribution in [0.1, 0.15) is 0 Å². The van der Waals surface area contributed by atoms with Gasteiger partial charge in [-0.05, 0) is 16.5 Å². The van der Waals surface area contributed by atoms with Crippen LogP contribution in [0.15, 0.2) is 48.1 Å². The minimum atomic E-state index is -0.998. The average Bonchev–Trinajstić information content (AvgIpc) is 2.64. The summed E-state index contributed by atoms with van der Waals surface area (Å²) in [4.78, 5) is 23.1. The van der Waals surface area contributed by atoms with E-state index in [-0.39, 0.29) is 11.4 Å². The summed E-state index contributed by atoms with van der Waals surface area (Å²) in [5, 5.41) is 10.6. The van der Waals surface area contributed by atoms with E-state index in [4.69, 9.17) is 0 Å². The van der Waals surface area contributed by atoms with E-state index in [1.807, 2.05) is 0 Å². The predicted molar refractivity (Wildman–Crippen MR) is 62.4 cm³/mol. The number of carboxylic acids is 1. The minimum Gasteiger partial charge on any atom is -0.478 e. The zero-order chi connectivity index (χ0) is 12.0. The van der Waals surface area contributed by atoms with Gasteiger partial charge in [-0.1, -0.05) is 36.4 Å². The van der Waals surface area contributed by atoms with Crippen molar-refractivity contribution >= 4 is 22.9 Å². The highest BCUT2D eigenvalue weighted by atomic mass is 16.4. The van der Waals surface area contributed by atoms with Crippen LogP contribution in [-0.2, 0) is 9.59 Å². The number of ketones is 1. The van der Waals surface area contributed by atoms with Crippen molar-refractivity contribution < 1.29 is 14.7 Å². The van der Waals surface area contributed by atoms with Gasteiger partial charge in [0, 0.05) is 11.1 Å². The van der Waals surface area contributed by atoms with E-state index in [1.54, 1.807) is 36.4 Å². The van der Waals surface area contributed by atoms with E-state index in [1.165, 1.54) is 6.08 Å². The Bertz CT molecular complexity index is 718. The maximum absolute atomic E-state index is 11.8. The van der Waals surface area contributed by atoms with Crippen LogP contribution in [0.5, 0.6) is 0 Å². The molecule has 3 nitrogen and oxygen atoms in total. The van der Waals surface area contributed by atoms with Crippen LogP contribution in [0.3, 0.4) is 0 Å². The second-order valence-corrected chi connectivity index (χ2v) is 3.90. The fourth-order valence-electron chi connectivity index (χ4n) is 2.31. The fourth-order valence-corrected chi connectivity index (χ4v) is 2.31. The van der Waals surface area contributed by atoms with E-state index in [9.17, 15) is 14.7 Å². The highest BCUT2D eigenvalue weighted by Crippen LogP contribution is 2.26. The molecule has 0 unspecified atom stereocenters. The first-order valence-corrected chi connectivity index (χ1v) is 5.20. The van der Waals surface area contributed by atoms with Crippen LogP contribution in [0.25, 0.3) is 11.1 Å². The topological polar surface area (TPSA) is 54.4 Å². The number of aliphatic carboxylic acids is 1. The van der Waals surface area contributed by atoms with Gasteiger partial charge >= 0.3 is 5.97 Å². The number of carbonyl (C=O) groups is 2. The van der Waals surface area contributed by atoms with Gasteiger partial charge in [-0.15, -0.1) is 0 Å². The standard InChI is InChI=1S/C14H8O3/c15-11-7-3-6-10-12(11)8-4-1-2-5-9(8)13(10)14(16)17/h1-7H,(H,16,17). The molecule has 17 heavy (non-hydrogen) atoms. The first-order valence-electron chi connectivity index (χ1n) is 5.20. The molecule has 0 radical (unpaired) electrons. The number of hydrogen-bond donors (Lipinski definition) is 1. The third kappa shape index (κ3) is 1.22. The van der Waals surface area contributed by atoms with E-state index < -0.39 is 5.97 Å². The molecule has 1 aromatic rings. The Morgan fingerprint density at radius 1 is 1.12 bits per heavy atom. The molecule has 0 fully saturated rings. The molecule has 0 aromatic heterocycles. The highest BCUT2D eigenvalue weighted by Gasteiger charge is 2.28. The van der Waals surface area contributed by atoms with Gasteiger partial charge in [0.05, 0.1) is 5.57 Å². The Kier molecular flexibility index (Phi) is 1.89. The molecule has 0 bridgehead atoms. The molecule has 0 amide bonds. The van der Waals surface area contributed by atoms with Gasteiger partial charge < -0.3 is 5.11 Å². The molecule has 0 atom stereocenters. The third-order valence-electron chi connectivity index (χ3n) is 2.98. The van der Waals surface area contributed by atoms with Crippen molar-refractivity contribution in [2.24, 2.45) is 0 Å². The average molecular weight is 224 g/mol. The predicted octanol–water partition coefficient (Wildman–Crippen LogP) is 0.152. The largest absolute Gasteiger partial charge is 0.478 e. The monoisotopic (exact) mass is 224 g/mol. The number of rotatable bonds is 1. The van der Waals surface area contributed by atoms with Crippen molar-refractivity contribution in [3.63, 3.8) is 0 Å². The van der Waals surface area contributed by atoms with Crippen LogP contribution in [0.4, 0.5) is 0 Å². The number of allylic oxidation sites excluding steroid dienone is 3. The van der Waals surface area contributed by atoms with E-state index in [2.05, 4.69) is 0 Å². The van der Waals surface area contributed by atoms with Gasteiger partial charge in [0.15, 0.2) is 5.78 Å². The van der Waals surface area contributed by atoms with Crippen LogP contribution in [0.2, 0.25) is 0 Å². The molecule has 2 aliphatic carbocycles. The lowest BCUT2D eigenvalue weighted by Crippen LogP contribution is -2.26. The zero-order valence-electron chi connectivity index (χ0n) is 8.81. The SMILES string of the molecule is O=C(O)C1=c2ccccc2=C2C(=O)C=CC=C12. The van der Waals surface area contributed by atoms with E-state index >= 15 is 0 Å². The van der Waals surface area contributed by atoms with Gasteiger partial charge in [-0.25, -0.2) is 4.79 Å². The molecule has 2 aliphatic rings. The molecule has 0 saturated carbocycles. The summed E-state index contributed by atoms with van der Waals surface area (Å²) in [6.07, 6.45) is 4.73. The van der Waals surface area contributed by atoms with Gasteiger partial charge in [0.25, 0.3) is 0 Å². The maximum atomic E-state index is 11.8. The first kappa shape index (κ1) is 9.78. The number of benzene rings is 1. The molecule has 3 heteroatoms. The van der Waals surface area contributed by atoms with E-state index in [0.29, 0.717) is 21.6 Å². The smallest absolute Gasteiger partial charge is 0.336 e. The van der Waals surface area contributed by atoms with Crippen molar-refractivity contribution in [2.75, 3.05) is 0 Å². The lowest BCUT2D eigenvalue weighted by Gasteiger charge is -2.07. The van der Waals surface area contributed by atoms with Crippen LogP contribution < -0.4 is 10.4 Å². The third-order valence-corrected chi connectivity index (χ3v) is 2.98. The van der Waals surface area contributed by atoms with Crippen LogP contribution in [-0.4, -0.2) is 16.9 Å². The number of carbonyl (C=O) groups excluding carboxylic acids is 1. The van der Waals surface area contributed by atoms with Crippen molar-refractivity contribution in [3.8, 4) is 0 Å². The molecule has 82 valence electrons. The van der Waals surface area contributed by atoms with E-state index in [0.717, 1.165) is 0 Å². The Morgan fingerprint density at radius 2 is 1.82 bits per heavy atom. The molecular formula is C14H8O3. The number of hydrogen-bond acceptors (Lipinski definition) is 2. The molecule has 0 spiro atoms. The molecule has 1 aromatic carbocycles. The summed E-state index contributed by atoms with van der Waals surface area (Å²) in [6, 6.07) is 7.10. The normalized spacial score (nSPS) is 16.7. The Morgan fingerprint density at radius 3 is 2.53 bits per heavy atom. The summed E-state index contributed by atoms with van der Waals surface area (Å²) >= 11 is 0. The number of fused-ring (bicyclic) bond motifs is 2. The molecule has 0 heterocycles. The lowest BCUT2D eigenvalue weighted by molar-refractivity contribution is -0.130. The maximum Gasteiger partial charge on any atom is 0.336 e. The van der Waals surface area contributed by atoms with Crippen molar-refractivity contribution in [2.45, 2.75) is 0 Å². The molecule has 0 aliphatic heterocycles. The fraction of sp³-hybridized carbons (Fsp3) is 0. The molecule has 3 rings (SSSR count). The summed E-state index contributed by atoms with van der Waals surface area (Å²) in [5.41, 5.74) is 1.24. The van der Waals surface area contributed by atoms with Gasteiger partial charge in [-0.2, -0.15) is 0 Å². The first-order chi connectivity index (χ1) is 8.20. The Balaban J connectivity index is 2.55. The van der Waals surface area contributed by atoms with Crippen molar-refractivity contribution in [1.29, 1.82) is 0 Å². The summed E-state index contributed by atoms with van der Waals surface area (Å²) < 4.78 is 0. The van der Waals surface area contributed by atoms with Gasteiger partial charge in [0.2, 0.25) is 0 Å². The van der Waals surface area contributed by atoms with Crippen molar-refractivity contribution in [3.05, 3.63) is 58.5 Å². The summed E-state index contributed by atoms with van der Waals surface area (Å²) in [5.74, 6) is -1.13. The van der Waals surface area contributed by atoms with Gasteiger partial charge in [-0.3, -0.25) is 4.79 Å². The molecular weight excluding hydrogens is 216 g/mol. The zero-order valence-corrected chi connectivity index (χ0v) is 8.81. The summed E-state index contributed by atoms with van der Waals surface area (Å²) in [7, 11) is 0. The second kappa shape index (κ2) is 3.28. The van der Waals surface area contributed by atoms with Crippen LogP contribution >= 0.6 is 0 Å².